The molecule has 0 spiro atoms. The molecule has 1 aliphatic rings. The second-order valence-electron chi connectivity index (χ2n) is 9.41. The Morgan fingerprint density at radius 1 is 0.944 bits per heavy atom. The maximum atomic E-state index is 13.8. The summed E-state index contributed by atoms with van der Waals surface area (Å²) in [6, 6.07) is 22.7. The van der Waals surface area contributed by atoms with Gasteiger partial charge < -0.3 is 19.0 Å². The summed E-state index contributed by atoms with van der Waals surface area (Å²) in [6.07, 6.45) is 0.810. The molecule has 0 N–H and O–H groups in total. The molecule has 5 rings (SSSR count). The molecule has 0 bridgehead atoms. The van der Waals surface area contributed by atoms with Gasteiger partial charge >= 0.3 is 0 Å². The summed E-state index contributed by atoms with van der Waals surface area (Å²) in [5.74, 6) is 0.561. The van der Waals surface area contributed by atoms with Crippen LogP contribution in [0.2, 0.25) is 0 Å². The van der Waals surface area contributed by atoms with Gasteiger partial charge in [-0.2, -0.15) is 0 Å². The highest BCUT2D eigenvalue weighted by atomic mass is 16.5. The van der Waals surface area contributed by atoms with E-state index in [1.165, 1.54) is 0 Å². The topological polar surface area (TPSA) is 63.0 Å². The standard InChI is InChI=1S/C30H30N2O4/c1-4-20-13-14-25-24(17-20)28(33)26-27(32(16-15-31(2)3)30(34)29(26)36-25)22-11-8-12-23(18-22)35-19-21-9-6-5-7-10-21/h5-14,17-18,27H,4,15-16,19H2,1-3H3. The third-order valence-electron chi connectivity index (χ3n) is 6.65. The summed E-state index contributed by atoms with van der Waals surface area (Å²) in [5.41, 5.74) is 3.64. The van der Waals surface area contributed by atoms with E-state index in [2.05, 4.69) is 0 Å². The van der Waals surface area contributed by atoms with Crippen molar-refractivity contribution >= 4 is 16.9 Å². The lowest BCUT2D eigenvalue weighted by Crippen LogP contribution is -2.35. The lowest BCUT2D eigenvalue weighted by Gasteiger charge is -2.26. The molecule has 0 radical (unpaired) electrons. The van der Waals surface area contributed by atoms with Crippen molar-refractivity contribution in [3.63, 3.8) is 0 Å². The van der Waals surface area contributed by atoms with Crippen LogP contribution < -0.4 is 10.2 Å². The molecule has 0 saturated heterocycles. The molecule has 0 saturated carbocycles. The molecule has 1 aliphatic heterocycles. The average molecular weight is 483 g/mol. The number of hydrogen-bond donors (Lipinski definition) is 0. The number of likely N-dealkylation sites (N-methyl/N-ethyl adjacent to an activating group) is 1. The van der Waals surface area contributed by atoms with Crippen molar-refractivity contribution in [2.75, 3.05) is 27.2 Å². The van der Waals surface area contributed by atoms with Crippen molar-refractivity contribution in [3.05, 3.63) is 111 Å². The Bertz CT molecular complexity index is 1460. The molecule has 0 aliphatic carbocycles. The van der Waals surface area contributed by atoms with Gasteiger partial charge in [0.1, 0.15) is 17.9 Å². The van der Waals surface area contributed by atoms with Crippen LogP contribution in [0.3, 0.4) is 0 Å². The first-order valence-corrected chi connectivity index (χ1v) is 12.3. The average Bonchev–Trinajstić information content (AvgIpc) is 3.18. The SMILES string of the molecule is CCc1ccc2oc3c(c(=O)c2c1)C(c1cccc(OCc2ccccc2)c1)N(CCN(C)C)C3=O. The minimum atomic E-state index is -0.543. The highest BCUT2D eigenvalue weighted by Crippen LogP contribution is 2.39. The normalized spacial score (nSPS) is 15.1. The third-order valence-corrected chi connectivity index (χ3v) is 6.65. The van der Waals surface area contributed by atoms with Gasteiger partial charge in [-0.15, -0.1) is 0 Å². The summed E-state index contributed by atoms with van der Waals surface area (Å²) in [5, 5.41) is 0.511. The molecular weight excluding hydrogens is 452 g/mol. The number of carbonyl (C=O) groups is 1. The highest BCUT2D eigenvalue weighted by molar-refractivity contribution is 5.99. The molecule has 1 aromatic heterocycles. The van der Waals surface area contributed by atoms with Crippen molar-refractivity contribution in [2.24, 2.45) is 0 Å². The molecule has 0 fully saturated rings. The van der Waals surface area contributed by atoms with Gasteiger partial charge in [-0.1, -0.05) is 55.5 Å². The number of amides is 1. The summed E-state index contributed by atoms with van der Waals surface area (Å²) in [4.78, 5) is 31.1. The van der Waals surface area contributed by atoms with Crippen molar-refractivity contribution in [1.82, 2.24) is 9.80 Å². The van der Waals surface area contributed by atoms with Crippen molar-refractivity contribution < 1.29 is 13.9 Å². The lowest BCUT2D eigenvalue weighted by atomic mass is 9.97. The van der Waals surface area contributed by atoms with Gasteiger partial charge in [0.25, 0.3) is 5.91 Å². The van der Waals surface area contributed by atoms with Crippen molar-refractivity contribution in [1.29, 1.82) is 0 Å². The van der Waals surface area contributed by atoms with Gasteiger partial charge in [0.2, 0.25) is 5.76 Å². The molecule has 6 heteroatoms. The number of fused-ring (bicyclic) bond motifs is 2. The number of benzene rings is 3. The second kappa shape index (κ2) is 9.99. The first kappa shape index (κ1) is 23.8. The lowest BCUT2D eigenvalue weighted by molar-refractivity contribution is 0.0716. The smallest absolute Gasteiger partial charge is 0.290 e. The van der Waals surface area contributed by atoms with E-state index in [4.69, 9.17) is 9.15 Å². The fourth-order valence-corrected chi connectivity index (χ4v) is 4.69. The maximum absolute atomic E-state index is 13.8. The molecular formula is C30H30N2O4. The number of aryl methyl sites for hydroxylation is 1. The van der Waals surface area contributed by atoms with Crippen LogP contribution >= 0.6 is 0 Å². The zero-order chi connectivity index (χ0) is 25.2. The Hall–Kier alpha value is -3.90. The Kier molecular flexibility index (Phi) is 6.61. The van der Waals surface area contributed by atoms with Gasteiger partial charge in [-0.05, 0) is 61.5 Å². The molecule has 4 aromatic rings. The highest BCUT2D eigenvalue weighted by Gasteiger charge is 2.42. The molecule has 1 amide bonds. The first-order chi connectivity index (χ1) is 17.5. The van der Waals surface area contributed by atoms with E-state index in [0.29, 0.717) is 42.0 Å². The van der Waals surface area contributed by atoms with E-state index in [1.807, 2.05) is 92.6 Å². The second-order valence-corrected chi connectivity index (χ2v) is 9.41. The van der Waals surface area contributed by atoms with Gasteiger partial charge in [0.15, 0.2) is 5.43 Å². The van der Waals surface area contributed by atoms with E-state index in [1.54, 1.807) is 11.0 Å². The largest absolute Gasteiger partial charge is 0.489 e. The minimum Gasteiger partial charge on any atom is -0.489 e. The predicted molar refractivity (Wildman–Crippen MR) is 141 cm³/mol. The summed E-state index contributed by atoms with van der Waals surface area (Å²) >= 11 is 0. The molecule has 1 atom stereocenters. The van der Waals surface area contributed by atoms with Crippen molar-refractivity contribution in [3.8, 4) is 5.75 Å². The fraction of sp³-hybridized carbons (Fsp3) is 0.267. The van der Waals surface area contributed by atoms with Gasteiger partial charge in [0.05, 0.1) is 17.0 Å². The number of hydrogen-bond acceptors (Lipinski definition) is 5. The van der Waals surface area contributed by atoms with Crippen LogP contribution in [0, 0.1) is 0 Å². The monoisotopic (exact) mass is 482 g/mol. The fourth-order valence-electron chi connectivity index (χ4n) is 4.69. The van der Waals surface area contributed by atoms with Crippen molar-refractivity contribution in [2.45, 2.75) is 26.0 Å². The van der Waals surface area contributed by atoms with Crippen LogP contribution in [-0.2, 0) is 13.0 Å². The Morgan fingerprint density at radius 2 is 1.75 bits per heavy atom. The number of carbonyl (C=O) groups excluding carboxylic acids is 1. The molecule has 36 heavy (non-hydrogen) atoms. The zero-order valence-electron chi connectivity index (χ0n) is 20.9. The van der Waals surface area contributed by atoms with E-state index in [-0.39, 0.29) is 17.1 Å². The first-order valence-electron chi connectivity index (χ1n) is 12.3. The van der Waals surface area contributed by atoms with E-state index < -0.39 is 6.04 Å². The van der Waals surface area contributed by atoms with E-state index in [0.717, 1.165) is 23.1 Å². The Morgan fingerprint density at radius 3 is 2.50 bits per heavy atom. The van der Waals surface area contributed by atoms with E-state index >= 15 is 0 Å². The van der Waals surface area contributed by atoms with Crippen LogP contribution in [-0.4, -0.2) is 42.9 Å². The van der Waals surface area contributed by atoms with Crippen LogP contribution in [0.1, 0.15) is 45.8 Å². The van der Waals surface area contributed by atoms with Crippen LogP contribution in [0.4, 0.5) is 0 Å². The summed E-state index contributed by atoms with van der Waals surface area (Å²) in [6.45, 7) is 3.60. The molecule has 6 nitrogen and oxygen atoms in total. The van der Waals surface area contributed by atoms with E-state index in [9.17, 15) is 9.59 Å². The van der Waals surface area contributed by atoms with Gasteiger partial charge in [0, 0.05) is 13.1 Å². The molecule has 184 valence electrons. The quantitative estimate of drug-likeness (QED) is 0.352. The Labute approximate surface area is 210 Å². The van der Waals surface area contributed by atoms with Gasteiger partial charge in [-0.25, -0.2) is 0 Å². The summed E-state index contributed by atoms with van der Waals surface area (Å²) < 4.78 is 12.1. The molecule has 1 unspecified atom stereocenters. The summed E-state index contributed by atoms with van der Waals surface area (Å²) in [7, 11) is 3.93. The number of rotatable bonds is 8. The Balaban J connectivity index is 1.58. The number of nitrogens with zero attached hydrogens (tertiary/aromatic N) is 2. The van der Waals surface area contributed by atoms with Crippen LogP contribution in [0.25, 0.3) is 11.0 Å². The van der Waals surface area contributed by atoms with Crippen LogP contribution in [0.15, 0.2) is 82.0 Å². The zero-order valence-corrected chi connectivity index (χ0v) is 20.9. The molecule has 2 heterocycles. The van der Waals surface area contributed by atoms with Crippen LogP contribution in [0.5, 0.6) is 5.75 Å². The molecule has 3 aromatic carbocycles. The minimum absolute atomic E-state index is 0.135. The number of ether oxygens (including phenoxy) is 1. The third kappa shape index (κ3) is 4.52. The van der Waals surface area contributed by atoms with Gasteiger partial charge in [-0.3, -0.25) is 9.59 Å². The predicted octanol–water partition coefficient (Wildman–Crippen LogP) is 5.04. The maximum Gasteiger partial charge on any atom is 0.290 e.